The molecule has 0 unspecified atom stereocenters. The third kappa shape index (κ3) is 5.60. The second-order valence-electron chi connectivity index (χ2n) is 10.8. The summed E-state index contributed by atoms with van der Waals surface area (Å²) >= 11 is 0. The fourth-order valence-electron chi connectivity index (χ4n) is 5.41. The maximum Gasteiger partial charge on any atom is 0.411 e. The molecule has 6 rings (SSSR count). The Morgan fingerprint density at radius 2 is 1.90 bits per heavy atom. The summed E-state index contributed by atoms with van der Waals surface area (Å²) in [6, 6.07) is 16.3. The van der Waals surface area contributed by atoms with Crippen LogP contribution >= 0.6 is 0 Å². The van der Waals surface area contributed by atoms with E-state index in [0.717, 1.165) is 54.3 Å². The van der Waals surface area contributed by atoms with Crippen molar-refractivity contribution in [3.05, 3.63) is 53.9 Å². The van der Waals surface area contributed by atoms with E-state index in [1.807, 2.05) is 42.5 Å². The number of nitrogens with one attached hydrogen (secondary N) is 1. The Labute approximate surface area is 238 Å². The van der Waals surface area contributed by atoms with Crippen LogP contribution in [0.25, 0.3) is 22.2 Å². The molecule has 1 saturated carbocycles. The quantitative estimate of drug-likeness (QED) is 0.290. The second kappa shape index (κ2) is 11.6. The van der Waals surface area contributed by atoms with Gasteiger partial charge in [-0.1, -0.05) is 12.1 Å². The number of anilines is 1. The van der Waals surface area contributed by atoms with Crippen LogP contribution in [0.4, 0.5) is 10.5 Å². The normalized spacial score (nSPS) is 16.0. The maximum atomic E-state index is 12.0. The predicted molar refractivity (Wildman–Crippen MR) is 151 cm³/mol. The number of benzene rings is 2. The third-order valence-electron chi connectivity index (χ3n) is 7.63. The zero-order valence-corrected chi connectivity index (χ0v) is 23.2. The Bertz CT molecular complexity index is 1570. The van der Waals surface area contributed by atoms with E-state index in [2.05, 4.69) is 31.4 Å². The van der Waals surface area contributed by atoms with Gasteiger partial charge in [0.25, 0.3) is 0 Å². The summed E-state index contributed by atoms with van der Waals surface area (Å²) in [5.41, 5.74) is 3.99. The van der Waals surface area contributed by atoms with Crippen molar-refractivity contribution < 1.29 is 19.0 Å². The molecule has 2 aliphatic rings. The fourth-order valence-corrected chi connectivity index (χ4v) is 5.41. The number of tetrazole rings is 1. The molecule has 2 fully saturated rings. The molecule has 0 atom stereocenters. The molecule has 1 aliphatic carbocycles. The van der Waals surface area contributed by atoms with Crippen molar-refractivity contribution in [3.63, 3.8) is 0 Å². The molecule has 4 aromatic rings. The molecule has 0 radical (unpaired) electrons. The lowest BCUT2D eigenvalue weighted by molar-refractivity contribution is 0.0614. The Kier molecular flexibility index (Phi) is 7.57. The highest BCUT2D eigenvalue weighted by Gasteiger charge is 2.28. The minimum atomic E-state index is -0.497. The number of nitrogens with zero attached hydrogens (tertiary/aromatic N) is 6. The van der Waals surface area contributed by atoms with Crippen molar-refractivity contribution in [2.45, 2.75) is 70.7 Å². The average molecular weight is 556 g/mol. The van der Waals surface area contributed by atoms with Gasteiger partial charge in [-0.25, -0.2) is 4.79 Å². The average Bonchev–Trinajstić information content (AvgIpc) is 3.54. The van der Waals surface area contributed by atoms with Crippen LogP contribution in [0, 0.1) is 11.3 Å². The topological polar surface area (TPSA) is 129 Å². The first-order valence-electron chi connectivity index (χ1n) is 14.1. The zero-order valence-electron chi connectivity index (χ0n) is 23.2. The highest BCUT2D eigenvalue weighted by atomic mass is 16.6. The number of carbonyl (C=O) groups excluding carboxylic acids is 1. The molecule has 1 amide bonds. The van der Waals surface area contributed by atoms with Crippen LogP contribution in [0.5, 0.6) is 5.75 Å². The summed E-state index contributed by atoms with van der Waals surface area (Å²) in [6.07, 6.45) is 4.29. The van der Waals surface area contributed by atoms with Gasteiger partial charge >= 0.3 is 6.09 Å². The molecule has 212 valence electrons. The van der Waals surface area contributed by atoms with Crippen molar-refractivity contribution in [3.8, 4) is 23.1 Å². The van der Waals surface area contributed by atoms with Crippen LogP contribution in [-0.4, -0.2) is 50.2 Å². The number of hydrogen-bond acceptors (Lipinski definition) is 8. The lowest BCUT2D eigenvalue weighted by Gasteiger charge is -2.30. The fraction of sp³-hybridized carbons (Fsp3) is 0.433. The Morgan fingerprint density at radius 3 is 2.59 bits per heavy atom. The lowest BCUT2D eigenvalue weighted by Crippen LogP contribution is -2.21. The molecule has 1 N–H and O–H groups in total. The van der Waals surface area contributed by atoms with Gasteiger partial charge in [0.1, 0.15) is 11.8 Å². The molecule has 0 bridgehead atoms. The monoisotopic (exact) mass is 555 g/mol. The van der Waals surface area contributed by atoms with Crippen LogP contribution in [0.2, 0.25) is 0 Å². The van der Waals surface area contributed by atoms with Gasteiger partial charge in [-0.15, -0.1) is 10.2 Å². The number of rotatable bonds is 8. The molecule has 2 aromatic heterocycles. The van der Waals surface area contributed by atoms with Crippen molar-refractivity contribution in [1.29, 1.82) is 5.26 Å². The first-order valence-corrected chi connectivity index (χ1v) is 14.1. The van der Waals surface area contributed by atoms with Gasteiger partial charge in [0.2, 0.25) is 5.82 Å². The van der Waals surface area contributed by atoms with Gasteiger partial charge in [-0.2, -0.15) is 10.1 Å². The predicted octanol–water partition coefficient (Wildman–Crippen LogP) is 5.78. The van der Waals surface area contributed by atoms with E-state index in [-0.39, 0.29) is 18.8 Å². The summed E-state index contributed by atoms with van der Waals surface area (Å²) in [7, 11) is 0. The number of fused-ring (bicyclic) bond motifs is 1. The summed E-state index contributed by atoms with van der Waals surface area (Å²) in [4.78, 5) is 13.7. The molecule has 3 heterocycles. The Morgan fingerprint density at radius 1 is 1.12 bits per heavy atom. The number of amides is 1. The first-order chi connectivity index (χ1) is 20.0. The van der Waals surface area contributed by atoms with Crippen LogP contribution in [0.1, 0.15) is 69.4 Å². The summed E-state index contributed by atoms with van der Waals surface area (Å²) in [5.74, 6) is 1.20. The number of nitriles is 1. The number of carbonyl (C=O) groups is 1. The first kappa shape index (κ1) is 26.8. The van der Waals surface area contributed by atoms with Gasteiger partial charge in [0.15, 0.2) is 6.61 Å². The van der Waals surface area contributed by atoms with Crippen LogP contribution in [0.15, 0.2) is 42.5 Å². The molecule has 2 aromatic carbocycles. The molecule has 11 nitrogen and oxygen atoms in total. The molecule has 0 spiro atoms. The van der Waals surface area contributed by atoms with E-state index in [0.29, 0.717) is 42.1 Å². The third-order valence-corrected chi connectivity index (χ3v) is 7.63. The highest BCUT2D eigenvalue weighted by molar-refractivity contribution is 5.96. The Hall–Kier alpha value is -4.43. The molecule has 1 saturated heterocycles. The lowest BCUT2D eigenvalue weighted by atomic mass is 9.92. The smallest absolute Gasteiger partial charge is 0.411 e. The second-order valence-corrected chi connectivity index (χ2v) is 10.8. The van der Waals surface area contributed by atoms with Crippen molar-refractivity contribution in [2.24, 2.45) is 0 Å². The largest absolute Gasteiger partial charge is 0.485 e. The van der Waals surface area contributed by atoms with Gasteiger partial charge in [0, 0.05) is 36.4 Å². The summed E-state index contributed by atoms with van der Waals surface area (Å²) in [5, 5.41) is 26.8. The number of aromatic nitrogens is 5. The number of ether oxygens (including phenoxy) is 3. The minimum Gasteiger partial charge on any atom is -0.485 e. The highest BCUT2D eigenvalue weighted by Crippen LogP contribution is 2.43. The molecule has 11 heteroatoms. The molecular weight excluding hydrogens is 522 g/mol. The van der Waals surface area contributed by atoms with Crippen LogP contribution in [0.3, 0.4) is 0 Å². The molecule has 41 heavy (non-hydrogen) atoms. The van der Waals surface area contributed by atoms with Gasteiger partial charge in [-0.3, -0.25) is 5.32 Å². The summed E-state index contributed by atoms with van der Waals surface area (Å²) < 4.78 is 19.0. The summed E-state index contributed by atoms with van der Waals surface area (Å²) in [6.45, 7) is 5.22. The maximum absolute atomic E-state index is 12.0. The minimum absolute atomic E-state index is 0.199. The van der Waals surface area contributed by atoms with E-state index in [1.165, 1.54) is 0 Å². The SMILES string of the molecule is CC(C)OC(=O)Nc1ccc(-c2c(C#N)c3ccc(OCc4nnn(C5CCOCC5)n4)cc3n2C2CCC2)cc1. The zero-order chi connectivity index (χ0) is 28.3. The molecule has 1 aliphatic heterocycles. The van der Waals surface area contributed by atoms with Crippen LogP contribution < -0.4 is 10.1 Å². The van der Waals surface area contributed by atoms with Gasteiger partial charge in [-0.05, 0) is 81.0 Å². The Balaban J connectivity index is 1.27. The van der Waals surface area contributed by atoms with Gasteiger partial charge in [0.05, 0.1) is 28.9 Å². The molecular formula is C30H33N7O4. The van der Waals surface area contributed by atoms with Gasteiger partial charge < -0.3 is 18.8 Å². The van der Waals surface area contributed by atoms with Crippen LogP contribution in [-0.2, 0) is 16.1 Å². The van der Waals surface area contributed by atoms with E-state index in [4.69, 9.17) is 14.2 Å². The van der Waals surface area contributed by atoms with Crippen molar-refractivity contribution in [1.82, 2.24) is 24.8 Å². The standard InChI is InChI=1S/C30H33N7O4/c1-19(2)41-30(38)32-21-8-6-20(7-9-21)29-26(17-31)25-11-10-24(16-27(25)36(29)22-4-3-5-22)40-18-28-33-35-37(34-28)23-12-14-39-15-13-23/h6-11,16,19,22-23H,3-5,12-15,18H2,1-2H3,(H,32,38). The van der Waals surface area contributed by atoms with E-state index in [1.54, 1.807) is 18.6 Å². The van der Waals surface area contributed by atoms with E-state index < -0.39 is 6.09 Å². The van der Waals surface area contributed by atoms with Crippen molar-refractivity contribution >= 4 is 22.7 Å². The number of hydrogen-bond donors (Lipinski definition) is 1. The van der Waals surface area contributed by atoms with Crippen molar-refractivity contribution in [2.75, 3.05) is 18.5 Å². The van der Waals surface area contributed by atoms with E-state index >= 15 is 0 Å². The van der Waals surface area contributed by atoms with E-state index in [9.17, 15) is 10.1 Å².